The molecule has 4 rings (SSSR count). The van der Waals surface area contributed by atoms with E-state index in [4.69, 9.17) is 0 Å². The fraction of sp³-hybridized carbons (Fsp3) is 0.680. The van der Waals surface area contributed by atoms with Gasteiger partial charge in [0, 0.05) is 31.0 Å². The molecule has 1 saturated heterocycles. The van der Waals surface area contributed by atoms with Crippen LogP contribution >= 0.6 is 0 Å². The van der Waals surface area contributed by atoms with Crippen LogP contribution in [0.15, 0.2) is 30.3 Å². The summed E-state index contributed by atoms with van der Waals surface area (Å²) in [6.45, 7) is 1.80. The van der Waals surface area contributed by atoms with Crippen LogP contribution in [0.25, 0.3) is 0 Å². The van der Waals surface area contributed by atoms with E-state index in [0.717, 1.165) is 70.9 Å². The van der Waals surface area contributed by atoms with E-state index < -0.39 is 0 Å². The molecule has 0 spiro atoms. The summed E-state index contributed by atoms with van der Waals surface area (Å²) in [4.78, 5) is 27.6. The van der Waals surface area contributed by atoms with Gasteiger partial charge in [0.1, 0.15) is 0 Å². The Labute approximate surface area is 175 Å². The molecule has 1 aliphatic heterocycles. The van der Waals surface area contributed by atoms with Crippen molar-refractivity contribution in [2.24, 2.45) is 17.8 Å². The average Bonchev–Trinajstić information content (AvgIpc) is 3.28. The van der Waals surface area contributed by atoms with Gasteiger partial charge >= 0.3 is 0 Å². The summed E-state index contributed by atoms with van der Waals surface area (Å²) in [5.41, 5.74) is 1.41. The standard InChI is InChI=1S/C25H36N2O2/c28-24(26-23-8-4-5-9-23)21-10-12-22(13-11-21)25(29)27-16-14-20(15-17-27)18-19-6-2-1-3-7-19/h1-3,6-7,20-23H,4-5,8-18H2,(H,26,28). The number of carbonyl (C=O) groups excluding carboxylic acids is 2. The van der Waals surface area contributed by atoms with Crippen LogP contribution in [0.2, 0.25) is 0 Å². The Bertz CT molecular complexity index is 667. The molecule has 1 heterocycles. The van der Waals surface area contributed by atoms with E-state index in [9.17, 15) is 9.59 Å². The summed E-state index contributed by atoms with van der Waals surface area (Å²) in [5, 5.41) is 3.25. The molecule has 158 valence electrons. The molecule has 2 amide bonds. The third kappa shape index (κ3) is 5.40. The van der Waals surface area contributed by atoms with Gasteiger partial charge in [0.25, 0.3) is 0 Å². The SMILES string of the molecule is O=C(NC1CCCC1)C1CCC(C(=O)N2CCC(Cc3ccccc3)CC2)CC1. The van der Waals surface area contributed by atoms with Gasteiger partial charge in [0.05, 0.1) is 0 Å². The summed E-state index contributed by atoms with van der Waals surface area (Å²) in [5.74, 6) is 1.53. The lowest BCUT2D eigenvalue weighted by Gasteiger charge is -2.36. The van der Waals surface area contributed by atoms with Gasteiger partial charge in [-0.3, -0.25) is 9.59 Å². The number of carbonyl (C=O) groups is 2. The Balaban J connectivity index is 1.18. The zero-order valence-corrected chi connectivity index (χ0v) is 17.7. The molecule has 1 aromatic carbocycles. The van der Waals surface area contributed by atoms with Gasteiger partial charge in [-0.05, 0) is 69.3 Å². The first-order valence-electron chi connectivity index (χ1n) is 11.8. The van der Waals surface area contributed by atoms with Crippen LogP contribution in [-0.4, -0.2) is 35.8 Å². The minimum Gasteiger partial charge on any atom is -0.353 e. The maximum absolute atomic E-state index is 13.0. The summed E-state index contributed by atoms with van der Waals surface area (Å²) >= 11 is 0. The van der Waals surface area contributed by atoms with Crippen LogP contribution < -0.4 is 5.32 Å². The quantitative estimate of drug-likeness (QED) is 0.805. The van der Waals surface area contributed by atoms with Crippen molar-refractivity contribution >= 4 is 11.8 Å². The zero-order chi connectivity index (χ0) is 20.1. The van der Waals surface area contributed by atoms with Gasteiger partial charge in [0.15, 0.2) is 0 Å². The van der Waals surface area contributed by atoms with Crippen LogP contribution in [0, 0.1) is 17.8 Å². The molecule has 3 aliphatic rings. The molecule has 2 saturated carbocycles. The van der Waals surface area contributed by atoms with E-state index in [-0.39, 0.29) is 17.7 Å². The highest BCUT2D eigenvalue weighted by atomic mass is 16.2. The maximum Gasteiger partial charge on any atom is 0.225 e. The average molecular weight is 397 g/mol. The largest absolute Gasteiger partial charge is 0.353 e. The second-order valence-electron chi connectivity index (χ2n) is 9.50. The number of nitrogens with zero attached hydrogens (tertiary/aromatic N) is 1. The molecular weight excluding hydrogens is 360 g/mol. The molecule has 0 atom stereocenters. The second-order valence-corrected chi connectivity index (χ2v) is 9.50. The fourth-order valence-corrected chi connectivity index (χ4v) is 5.55. The second kappa shape index (κ2) is 9.77. The van der Waals surface area contributed by atoms with Gasteiger partial charge in [-0.1, -0.05) is 43.2 Å². The zero-order valence-electron chi connectivity index (χ0n) is 17.7. The Morgan fingerprint density at radius 1 is 0.828 bits per heavy atom. The molecule has 0 bridgehead atoms. The summed E-state index contributed by atoms with van der Waals surface area (Å²) in [6, 6.07) is 11.1. The number of rotatable bonds is 5. The lowest BCUT2D eigenvalue weighted by Crippen LogP contribution is -2.44. The maximum atomic E-state index is 13.0. The van der Waals surface area contributed by atoms with Crippen LogP contribution in [0.5, 0.6) is 0 Å². The van der Waals surface area contributed by atoms with E-state index in [0.29, 0.717) is 17.9 Å². The number of likely N-dealkylation sites (tertiary alicyclic amines) is 1. The molecule has 2 aliphatic carbocycles. The third-order valence-electron chi connectivity index (χ3n) is 7.44. The molecule has 0 unspecified atom stereocenters. The lowest BCUT2D eigenvalue weighted by molar-refractivity contribution is -0.139. The van der Waals surface area contributed by atoms with Crippen molar-refractivity contribution in [3.8, 4) is 0 Å². The molecule has 3 fully saturated rings. The Kier molecular flexibility index (Phi) is 6.89. The van der Waals surface area contributed by atoms with E-state index in [1.807, 2.05) is 0 Å². The molecular formula is C25H36N2O2. The number of benzene rings is 1. The van der Waals surface area contributed by atoms with Crippen molar-refractivity contribution in [3.05, 3.63) is 35.9 Å². The van der Waals surface area contributed by atoms with Gasteiger partial charge in [0.2, 0.25) is 11.8 Å². The van der Waals surface area contributed by atoms with Crippen molar-refractivity contribution in [3.63, 3.8) is 0 Å². The third-order valence-corrected chi connectivity index (χ3v) is 7.44. The minimum absolute atomic E-state index is 0.122. The Hall–Kier alpha value is -1.84. The summed E-state index contributed by atoms with van der Waals surface area (Å²) in [6.07, 6.45) is 11.6. The number of hydrogen-bond donors (Lipinski definition) is 1. The van der Waals surface area contributed by atoms with Crippen LogP contribution in [-0.2, 0) is 16.0 Å². The van der Waals surface area contributed by atoms with E-state index in [1.165, 1.54) is 18.4 Å². The molecule has 29 heavy (non-hydrogen) atoms. The van der Waals surface area contributed by atoms with Crippen molar-refractivity contribution in [1.29, 1.82) is 0 Å². The number of amides is 2. The van der Waals surface area contributed by atoms with Crippen molar-refractivity contribution in [2.45, 2.75) is 76.7 Å². The molecule has 4 heteroatoms. The Morgan fingerprint density at radius 3 is 2.10 bits per heavy atom. The molecule has 0 aromatic heterocycles. The minimum atomic E-state index is 0.122. The van der Waals surface area contributed by atoms with Gasteiger partial charge < -0.3 is 10.2 Å². The molecule has 0 radical (unpaired) electrons. The topological polar surface area (TPSA) is 49.4 Å². The highest BCUT2D eigenvalue weighted by molar-refractivity contribution is 5.81. The highest BCUT2D eigenvalue weighted by Gasteiger charge is 2.34. The Morgan fingerprint density at radius 2 is 1.45 bits per heavy atom. The summed E-state index contributed by atoms with van der Waals surface area (Å²) < 4.78 is 0. The van der Waals surface area contributed by atoms with E-state index >= 15 is 0 Å². The van der Waals surface area contributed by atoms with Crippen LogP contribution in [0.4, 0.5) is 0 Å². The van der Waals surface area contributed by atoms with Crippen LogP contribution in [0.1, 0.15) is 69.8 Å². The smallest absolute Gasteiger partial charge is 0.225 e. The predicted octanol–water partition coefficient (Wildman–Crippen LogP) is 4.33. The molecule has 1 aromatic rings. The van der Waals surface area contributed by atoms with Gasteiger partial charge in [-0.2, -0.15) is 0 Å². The first-order valence-corrected chi connectivity index (χ1v) is 11.8. The van der Waals surface area contributed by atoms with E-state index in [2.05, 4.69) is 40.5 Å². The van der Waals surface area contributed by atoms with Crippen molar-refractivity contribution < 1.29 is 9.59 Å². The number of piperidine rings is 1. The number of hydrogen-bond acceptors (Lipinski definition) is 2. The van der Waals surface area contributed by atoms with Crippen molar-refractivity contribution in [2.75, 3.05) is 13.1 Å². The molecule has 4 nitrogen and oxygen atoms in total. The normalized spacial score (nSPS) is 26.4. The summed E-state index contributed by atoms with van der Waals surface area (Å²) in [7, 11) is 0. The lowest BCUT2D eigenvalue weighted by atomic mass is 9.80. The first kappa shape index (κ1) is 20.4. The van der Waals surface area contributed by atoms with Crippen LogP contribution in [0.3, 0.4) is 0 Å². The monoisotopic (exact) mass is 396 g/mol. The van der Waals surface area contributed by atoms with Gasteiger partial charge in [-0.25, -0.2) is 0 Å². The highest BCUT2D eigenvalue weighted by Crippen LogP contribution is 2.32. The first-order chi connectivity index (χ1) is 14.2. The molecule has 1 N–H and O–H groups in total. The number of nitrogens with one attached hydrogen (secondary N) is 1. The van der Waals surface area contributed by atoms with Crippen molar-refractivity contribution in [1.82, 2.24) is 10.2 Å². The van der Waals surface area contributed by atoms with E-state index in [1.54, 1.807) is 0 Å². The van der Waals surface area contributed by atoms with Gasteiger partial charge in [-0.15, -0.1) is 0 Å². The fourth-order valence-electron chi connectivity index (χ4n) is 5.55. The predicted molar refractivity (Wildman–Crippen MR) is 115 cm³/mol.